The van der Waals surface area contributed by atoms with Crippen LogP contribution in [0.4, 0.5) is 0 Å². The molecule has 0 spiro atoms. The summed E-state index contributed by atoms with van der Waals surface area (Å²) in [6, 6.07) is 19.5. The van der Waals surface area contributed by atoms with Crippen molar-refractivity contribution in [2.45, 2.75) is 6.92 Å². The Bertz CT molecular complexity index is 1280. The van der Waals surface area contributed by atoms with Crippen molar-refractivity contribution in [1.29, 1.82) is 0 Å². The number of rotatable bonds is 0. The Hall–Kier alpha value is -3.26. The maximum Gasteiger partial charge on any atom is 0.0971 e. The monoisotopic (exact) mass is 318 g/mol. The molecule has 1 aliphatic carbocycles. The second-order valence-electron chi connectivity index (χ2n) is 6.71. The smallest absolute Gasteiger partial charge is 0.0971 e. The van der Waals surface area contributed by atoms with Crippen molar-refractivity contribution in [1.82, 2.24) is 9.97 Å². The quantitative estimate of drug-likeness (QED) is 0.326. The lowest BCUT2D eigenvalue weighted by atomic mass is 9.94. The summed E-state index contributed by atoms with van der Waals surface area (Å²) in [5.74, 6) is 0. The lowest BCUT2D eigenvalue weighted by Crippen LogP contribution is -1.89. The molecule has 0 amide bonds. The van der Waals surface area contributed by atoms with Crippen molar-refractivity contribution >= 4 is 32.6 Å². The third kappa shape index (κ3) is 1.50. The van der Waals surface area contributed by atoms with E-state index in [9.17, 15) is 0 Å². The average molecular weight is 318 g/mol. The molecule has 6 rings (SSSR count). The van der Waals surface area contributed by atoms with E-state index in [0.717, 1.165) is 11.0 Å². The Morgan fingerprint density at radius 2 is 1.20 bits per heavy atom. The van der Waals surface area contributed by atoms with E-state index < -0.39 is 0 Å². The van der Waals surface area contributed by atoms with Crippen molar-refractivity contribution in [3.63, 3.8) is 0 Å². The second kappa shape index (κ2) is 4.42. The van der Waals surface area contributed by atoms with Crippen LogP contribution in [0.15, 0.2) is 67.0 Å². The van der Waals surface area contributed by atoms with Crippen molar-refractivity contribution in [2.75, 3.05) is 0 Å². The number of pyridine rings is 2. The van der Waals surface area contributed by atoms with Gasteiger partial charge in [-0.15, -0.1) is 0 Å². The van der Waals surface area contributed by atoms with E-state index in [-0.39, 0.29) is 0 Å². The maximum absolute atomic E-state index is 4.67. The van der Waals surface area contributed by atoms with E-state index in [0.29, 0.717) is 0 Å². The molecule has 0 radical (unpaired) electrons. The summed E-state index contributed by atoms with van der Waals surface area (Å²) in [5.41, 5.74) is 8.52. The van der Waals surface area contributed by atoms with E-state index >= 15 is 0 Å². The third-order valence-corrected chi connectivity index (χ3v) is 5.43. The molecular formula is C23H14N2. The van der Waals surface area contributed by atoms with Gasteiger partial charge in [0.25, 0.3) is 0 Å². The summed E-state index contributed by atoms with van der Waals surface area (Å²) in [6.45, 7) is 2.19. The number of aromatic nitrogens is 2. The summed E-state index contributed by atoms with van der Waals surface area (Å²) < 4.78 is 0. The van der Waals surface area contributed by atoms with Gasteiger partial charge >= 0.3 is 0 Å². The molecule has 5 aromatic rings. The first-order valence-electron chi connectivity index (χ1n) is 8.53. The molecule has 0 N–H and O–H groups in total. The number of hydrogen-bond acceptors (Lipinski definition) is 2. The second-order valence-corrected chi connectivity index (χ2v) is 6.71. The zero-order valence-electron chi connectivity index (χ0n) is 13.7. The number of aryl methyl sites for hydroxylation is 1. The molecular weight excluding hydrogens is 304 g/mol. The molecule has 0 saturated carbocycles. The fraction of sp³-hybridized carbons (Fsp3) is 0.0435. The van der Waals surface area contributed by atoms with Crippen LogP contribution in [0.1, 0.15) is 5.56 Å². The highest BCUT2D eigenvalue weighted by Crippen LogP contribution is 2.53. The van der Waals surface area contributed by atoms with Gasteiger partial charge in [0.15, 0.2) is 0 Å². The first kappa shape index (κ1) is 13.1. The molecule has 2 heteroatoms. The molecule has 0 fully saturated rings. The summed E-state index contributed by atoms with van der Waals surface area (Å²) in [4.78, 5) is 9.34. The van der Waals surface area contributed by atoms with Gasteiger partial charge in [-0.1, -0.05) is 42.5 Å². The molecule has 25 heavy (non-hydrogen) atoms. The van der Waals surface area contributed by atoms with Gasteiger partial charge in [-0.3, -0.25) is 9.97 Å². The van der Waals surface area contributed by atoms with Gasteiger partial charge in [-0.2, -0.15) is 0 Å². The summed E-state index contributed by atoms with van der Waals surface area (Å²) >= 11 is 0. The predicted molar refractivity (Wildman–Crippen MR) is 104 cm³/mol. The minimum absolute atomic E-state index is 0.985. The van der Waals surface area contributed by atoms with Gasteiger partial charge in [0.2, 0.25) is 0 Å². The Kier molecular flexibility index (Phi) is 2.31. The van der Waals surface area contributed by atoms with Gasteiger partial charge in [0.05, 0.1) is 11.0 Å². The van der Waals surface area contributed by atoms with Crippen LogP contribution in [0.25, 0.3) is 54.8 Å². The first-order chi connectivity index (χ1) is 12.3. The van der Waals surface area contributed by atoms with Crippen LogP contribution in [0.5, 0.6) is 0 Å². The van der Waals surface area contributed by atoms with Crippen LogP contribution in [-0.4, -0.2) is 9.97 Å². The minimum Gasteiger partial charge on any atom is -0.254 e. The fourth-order valence-corrected chi connectivity index (χ4v) is 4.39. The number of nitrogens with zero attached hydrogens (tertiary/aromatic N) is 2. The zero-order chi connectivity index (χ0) is 16.5. The molecule has 0 atom stereocenters. The normalized spacial score (nSPS) is 12.2. The van der Waals surface area contributed by atoms with Crippen LogP contribution in [0.3, 0.4) is 0 Å². The lowest BCUT2D eigenvalue weighted by molar-refractivity contribution is 1.38. The zero-order valence-corrected chi connectivity index (χ0v) is 13.7. The van der Waals surface area contributed by atoms with Crippen molar-refractivity contribution < 1.29 is 0 Å². The maximum atomic E-state index is 4.67. The van der Waals surface area contributed by atoms with Crippen LogP contribution in [0.2, 0.25) is 0 Å². The molecule has 0 saturated heterocycles. The summed E-state index contributed by atoms with van der Waals surface area (Å²) in [5, 5.41) is 5.06. The Balaban J connectivity index is 1.99. The molecule has 0 bridgehead atoms. The lowest BCUT2D eigenvalue weighted by Gasteiger charge is -2.11. The van der Waals surface area contributed by atoms with E-state index in [4.69, 9.17) is 0 Å². The highest BCUT2D eigenvalue weighted by molar-refractivity contribution is 6.29. The number of fused-ring (bicyclic) bond motifs is 8. The highest BCUT2D eigenvalue weighted by Gasteiger charge is 2.27. The summed E-state index contributed by atoms with van der Waals surface area (Å²) in [6.07, 6.45) is 3.71. The third-order valence-electron chi connectivity index (χ3n) is 5.43. The SMILES string of the molecule is Cc1ccc2c3c(cccc13)-c1c-2c2cccnc2c2ncccc12. The molecule has 3 aromatic carbocycles. The Morgan fingerprint density at radius 1 is 0.600 bits per heavy atom. The van der Waals surface area contributed by atoms with Crippen LogP contribution in [-0.2, 0) is 0 Å². The molecule has 2 nitrogen and oxygen atoms in total. The Morgan fingerprint density at radius 3 is 1.88 bits per heavy atom. The Labute approximate surface area is 144 Å². The van der Waals surface area contributed by atoms with E-state index in [1.54, 1.807) is 0 Å². The molecule has 2 heterocycles. The molecule has 116 valence electrons. The molecule has 1 aliphatic rings. The molecule has 0 unspecified atom stereocenters. The standard InChI is InChI=1S/C23H14N2/c1-13-9-10-16-19-14(13)5-2-6-15(19)20-17-7-3-11-24-22(17)23-18(21(16)20)8-4-12-25-23/h2-12H,1H3. The van der Waals surface area contributed by atoms with Crippen molar-refractivity contribution in [3.8, 4) is 22.3 Å². The number of benzene rings is 3. The van der Waals surface area contributed by atoms with Gasteiger partial charge in [0, 0.05) is 34.3 Å². The van der Waals surface area contributed by atoms with Gasteiger partial charge in [-0.05, 0) is 46.5 Å². The van der Waals surface area contributed by atoms with Gasteiger partial charge in [0.1, 0.15) is 0 Å². The molecule has 2 aromatic heterocycles. The van der Waals surface area contributed by atoms with E-state index in [1.165, 1.54) is 49.4 Å². The minimum atomic E-state index is 0.985. The number of hydrogen-bond donors (Lipinski definition) is 0. The van der Waals surface area contributed by atoms with Gasteiger partial charge < -0.3 is 0 Å². The van der Waals surface area contributed by atoms with Crippen molar-refractivity contribution in [3.05, 3.63) is 72.6 Å². The topological polar surface area (TPSA) is 25.8 Å². The van der Waals surface area contributed by atoms with Crippen LogP contribution >= 0.6 is 0 Å². The predicted octanol–water partition coefficient (Wildman–Crippen LogP) is 5.89. The summed E-state index contributed by atoms with van der Waals surface area (Å²) in [7, 11) is 0. The van der Waals surface area contributed by atoms with Gasteiger partial charge in [-0.25, -0.2) is 0 Å². The highest BCUT2D eigenvalue weighted by atomic mass is 14.7. The largest absolute Gasteiger partial charge is 0.254 e. The van der Waals surface area contributed by atoms with E-state index in [1.807, 2.05) is 24.5 Å². The van der Waals surface area contributed by atoms with Crippen LogP contribution < -0.4 is 0 Å². The van der Waals surface area contributed by atoms with Crippen molar-refractivity contribution in [2.24, 2.45) is 0 Å². The fourth-order valence-electron chi connectivity index (χ4n) is 4.39. The first-order valence-corrected chi connectivity index (χ1v) is 8.53. The van der Waals surface area contributed by atoms with Crippen LogP contribution in [0, 0.1) is 6.92 Å². The average Bonchev–Trinajstić information content (AvgIpc) is 3.01. The van der Waals surface area contributed by atoms with E-state index in [2.05, 4.69) is 59.4 Å². The molecule has 0 aliphatic heterocycles.